The van der Waals surface area contributed by atoms with Crippen LogP contribution in [-0.4, -0.2) is 42.0 Å². The minimum Gasteiger partial charge on any atom is -0.358 e. The van der Waals surface area contributed by atoms with Crippen LogP contribution in [0.5, 0.6) is 0 Å². The van der Waals surface area contributed by atoms with Gasteiger partial charge in [0, 0.05) is 13.1 Å². The van der Waals surface area contributed by atoms with Gasteiger partial charge in [-0.25, -0.2) is 9.98 Å². The lowest BCUT2D eigenvalue weighted by Gasteiger charge is -2.27. The fraction of sp³-hybridized carbons (Fsp3) is 0.700. The van der Waals surface area contributed by atoms with Gasteiger partial charge in [0.1, 0.15) is 12.2 Å². The largest absolute Gasteiger partial charge is 0.358 e. The van der Waals surface area contributed by atoms with Crippen LogP contribution in [0, 0.1) is 0 Å². The summed E-state index contributed by atoms with van der Waals surface area (Å²) in [5.74, 6) is 1.58. The van der Waals surface area contributed by atoms with E-state index in [9.17, 15) is 0 Å². The smallest absolute Gasteiger partial charge is 0.192 e. The molecule has 0 spiro atoms. The minimum atomic E-state index is -0.178. The van der Waals surface area contributed by atoms with E-state index in [4.69, 9.17) is 0 Å². The molecule has 0 saturated heterocycles. The SMILES string of the molecule is CCCN(CCC)C1=NC=NC2=NN=NC21. The van der Waals surface area contributed by atoms with Gasteiger partial charge < -0.3 is 4.90 Å². The second-order valence-corrected chi connectivity index (χ2v) is 3.78. The van der Waals surface area contributed by atoms with Crippen molar-refractivity contribution in [2.75, 3.05) is 13.1 Å². The number of fused-ring (bicyclic) bond motifs is 1. The van der Waals surface area contributed by atoms with Crippen LogP contribution in [0.15, 0.2) is 25.4 Å². The summed E-state index contributed by atoms with van der Waals surface area (Å²) in [4.78, 5) is 10.6. The third-order valence-electron chi connectivity index (χ3n) is 2.49. The zero-order chi connectivity index (χ0) is 11.4. The van der Waals surface area contributed by atoms with Crippen LogP contribution in [0.3, 0.4) is 0 Å². The summed E-state index contributed by atoms with van der Waals surface area (Å²) in [5, 5.41) is 11.6. The average Bonchev–Trinajstić information content (AvgIpc) is 2.76. The van der Waals surface area contributed by atoms with Crippen molar-refractivity contribution in [3.63, 3.8) is 0 Å². The van der Waals surface area contributed by atoms with Crippen LogP contribution in [-0.2, 0) is 0 Å². The molecule has 2 heterocycles. The number of hydrogen-bond acceptors (Lipinski definition) is 6. The molecule has 0 aromatic carbocycles. The molecular weight excluding hydrogens is 204 g/mol. The van der Waals surface area contributed by atoms with Crippen molar-refractivity contribution in [1.82, 2.24) is 4.90 Å². The van der Waals surface area contributed by atoms with Crippen LogP contribution < -0.4 is 0 Å². The fourth-order valence-corrected chi connectivity index (χ4v) is 1.85. The number of amidine groups is 2. The van der Waals surface area contributed by atoms with Crippen LogP contribution >= 0.6 is 0 Å². The highest BCUT2D eigenvalue weighted by atomic mass is 15.5. The third kappa shape index (κ3) is 2.00. The second kappa shape index (κ2) is 4.96. The standard InChI is InChI=1S/C10H16N6/c1-3-5-16(6-4-2)10-8-9(11-7-12-10)14-15-13-8/h7-8H,3-6H2,1-2H3. The van der Waals surface area contributed by atoms with Gasteiger partial charge in [0.25, 0.3) is 0 Å². The molecule has 0 saturated carbocycles. The maximum absolute atomic E-state index is 4.33. The van der Waals surface area contributed by atoms with E-state index in [0.717, 1.165) is 31.8 Å². The van der Waals surface area contributed by atoms with Crippen molar-refractivity contribution in [1.29, 1.82) is 0 Å². The topological polar surface area (TPSA) is 65.0 Å². The van der Waals surface area contributed by atoms with Gasteiger partial charge >= 0.3 is 0 Å². The Morgan fingerprint density at radius 3 is 2.69 bits per heavy atom. The molecule has 2 aliphatic rings. The maximum Gasteiger partial charge on any atom is 0.192 e. The quantitative estimate of drug-likeness (QED) is 0.711. The van der Waals surface area contributed by atoms with E-state index in [0.29, 0.717) is 5.84 Å². The van der Waals surface area contributed by atoms with Crippen molar-refractivity contribution in [3.8, 4) is 0 Å². The first kappa shape index (κ1) is 10.9. The van der Waals surface area contributed by atoms with E-state index in [1.807, 2.05) is 0 Å². The number of aliphatic imine (C=N–C) groups is 2. The van der Waals surface area contributed by atoms with E-state index in [1.54, 1.807) is 6.34 Å². The summed E-state index contributed by atoms with van der Waals surface area (Å²) in [6, 6.07) is -0.178. The molecular formula is C10H16N6. The minimum absolute atomic E-state index is 0.178. The Morgan fingerprint density at radius 2 is 2.00 bits per heavy atom. The lowest BCUT2D eigenvalue weighted by Crippen LogP contribution is -2.43. The zero-order valence-corrected chi connectivity index (χ0v) is 9.67. The summed E-state index contributed by atoms with van der Waals surface area (Å²) >= 11 is 0. The van der Waals surface area contributed by atoms with Gasteiger partial charge in [0.2, 0.25) is 0 Å². The number of hydrogen-bond donors (Lipinski definition) is 0. The summed E-state index contributed by atoms with van der Waals surface area (Å²) in [7, 11) is 0. The summed E-state index contributed by atoms with van der Waals surface area (Å²) in [6.07, 6.45) is 3.72. The van der Waals surface area contributed by atoms with Gasteiger partial charge in [-0.3, -0.25) is 0 Å². The molecule has 2 rings (SSSR count). The highest BCUT2D eigenvalue weighted by molar-refractivity contribution is 6.16. The lowest BCUT2D eigenvalue weighted by molar-refractivity contribution is 0.408. The first-order valence-electron chi connectivity index (χ1n) is 5.69. The van der Waals surface area contributed by atoms with Crippen molar-refractivity contribution < 1.29 is 0 Å². The van der Waals surface area contributed by atoms with Crippen LogP contribution in [0.2, 0.25) is 0 Å². The Hall–Kier alpha value is -1.59. The average molecular weight is 220 g/mol. The van der Waals surface area contributed by atoms with Crippen molar-refractivity contribution in [3.05, 3.63) is 0 Å². The van der Waals surface area contributed by atoms with Gasteiger partial charge in [-0.05, 0) is 18.1 Å². The summed E-state index contributed by atoms with van der Waals surface area (Å²) in [6.45, 7) is 6.29. The highest BCUT2D eigenvalue weighted by Gasteiger charge is 2.30. The van der Waals surface area contributed by atoms with Crippen LogP contribution in [0.1, 0.15) is 26.7 Å². The van der Waals surface area contributed by atoms with Crippen LogP contribution in [0.25, 0.3) is 0 Å². The van der Waals surface area contributed by atoms with Crippen molar-refractivity contribution in [2.45, 2.75) is 32.7 Å². The lowest BCUT2D eigenvalue weighted by atomic mass is 10.2. The van der Waals surface area contributed by atoms with E-state index < -0.39 is 0 Å². The molecule has 16 heavy (non-hydrogen) atoms. The molecule has 2 aliphatic heterocycles. The molecule has 0 aromatic heterocycles. The molecule has 1 atom stereocenters. The molecule has 86 valence electrons. The van der Waals surface area contributed by atoms with E-state index in [2.05, 4.69) is 44.2 Å². The molecule has 0 radical (unpaired) electrons. The third-order valence-corrected chi connectivity index (χ3v) is 2.49. The molecule has 0 amide bonds. The van der Waals surface area contributed by atoms with Gasteiger partial charge in [-0.2, -0.15) is 0 Å². The predicted octanol–water partition coefficient (Wildman–Crippen LogP) is 1.70. The normalized spacial score (nSPS) is 21.8. The molecule has 0 aromatic rings. The molecule has 0 bridgehead atoms. The Morgan fingerprint density at radius 1 is 1.25 bits per heavy atom. The van der Waals surface area contributed by atoms with E-state index in [-0.39, 0.29) is 6.04 Å². The van der Waals surface area contributed by atoms with Crippen LogP contribution in [0.4, 0.5) is 0 Å². The van der Waals surface area contributed by atoms with Gasteiger partial charge in [0.15, 0.2) is 11.9 Å². The van der Waals surface area contributed by atoms with Gasteiger partial charge in [0.05, 0.1) is 0 Å². The van der Waals surface area contributed by atoms with Crippen molar-refractivity contribution in [2.24, 2.45) is 25.4 Å². The Balaban J connectivity index is 2.17. The fourth-order valence-electron chi connectivity index (χ4n) is 1.85. The monoisotopic (exact) mass is 220 g/mol. The predicted molar refractivity (Wildman–Crippen MR) is 64.2 cm³/mol. The summed E-state index contributed by atoms with van der Waals surface area (Å²) < 4.78 is 0. The molecule has 1 unspecified atom stereocenters. The molecule has 6 nitrogen and oxygen atoms in total. The Kier molecular flexibility index (Phi) is 3.38. The maximum atomic E-state index is 4.33. The Labute approximate surface area is 94.9 Å². The number of nitrogens with zero attached hydrogens (tertiary/aromatic N) is 6. The first-order valence-corrected chi connectivity index (χ1v) is 5.69. The number of rotatable bonds is 4. The molecule has 0 aliphatic carbocycles. The van der Waals surface area contributed by atoms with Gasteiger partial charge in [-0.15, -0.1) is 10.2 Å². The highest BCUT2D eigenvalue weighted by Crippen LogP contribution is 2.15. The van der Waals surface area contributed by atoms with Crippen molar-refractivity contribution >= 4 is 18.0 Å². The zero-order valence-electron chi connectivity index (χ0n) is 9.67. The molecule has 0 fully saturated rings. The van der Waals surface area contributed by atoms with Gasteiger partial charge in [-0.1, -0.05) is 13.8 Å². The summed E-state index contributed by atoms with van der Waals surface area (Å²) in [5.41, 5.74) is 0. The van der Waals surface area contributed by atoms with E-state index >= 15 is 0 Å². The van der Waals surface area contributed by atoms with E-state index in [1.165, 1.54) is 0 Å². The first-order chi connectivity index (χ1) is 7.86. The Bertz CT molecular complexity index is 362. The second-order valence-electron chi connectivity index (χ2n) is 3.78. The molecule has 6 heteroatoms. The molecule has 0 N–H and O–H groups in total.